The fourth-order valence-corrected chi connectivity index (χ4v) is 1.56. The van der Waals surface area contributed by atoms with E-state index in [4.69, 9.17) is 4.74 Å². The largest absolute Gasteiger partial charge is 0.466 e. The maximum atomic E-state index is 9.82. The minimum absolute atomic E-state index is 0.211. The van der Waals surface area contributed by atoms with E-state index in [2.05, 4.69) is 20.0 Å². The Balaban J connectivity index is 0.000000286. The first-order valence-corrected chi connectivity index (χ1v) is 6.85. The van der Waals surface area contributed by atoms with Crippen LogP contribution in [0.2, 0.25) is 0 Å². The van der Waals surface area contributed by atoms with Gasteiger partial charge in [-0.05, 0) is 19.8 Å². The summed E-state index contributed by atoms with van der Waals surface area (Å²) in [7, 11) is 1.69. The van der Waals surface area contributed by atoms with Crippen molar-refractivity contribution in [3.05, 3.63) is 18.1 Å². The smallest absolute Gasteiger partial charge is 0.302 e. The third-order valence-electron chi connectivity index (χ3n) is 2.64. The van der Waals surface area contributed by atoms with Gasteiger partial charge in [0.05, 0.1) is 13.2 Å². The van der Waals surface area contributed by atoms with Crippen molar-refractivity contribution in [2.24, 2.45) is 0 Å². The molecule has 0 amide bonds. The zero-order chi connectivity index (χ0) is 14.8. The van der Waals surface area contributed by atoms with Crippen LogP contribution in [-0.2, 0) is 14.3 Å². The first-order valence-electron chi connectivity index (χ1n) is 6.85. The van der Waals surface area contributed by atoms with Crippen LogP contribution in [0, 0.1) is 0 Å². The molecule has 0 aromatic carbocycles. The second-order valence-corrected chi connectivity index (χ2v) is 4.45. The monoisotopic (exact) mass is 281 g/mol. The Morgan fingerprint density at radius 2 is 2.20 bits per heavy atom. The lowest BCUT2D eigenvalue weighted by molar-refractivity contribution is -0.140. The Labute approximate surface area is 119 Å². The molecule has 0 bridgehead atoms. The first-order chi connectivity index (χ1) is 9.67. The van der Waals surface area contributed by atoms with Crippen molar-refractivity contribution in [1.29, 1.82) is 0 Å². The van der Waals surface area contributed by atoms with E-state index in [1.54, 1.807) is 20.4 Å². The Kier molecular flexibility index (Phi) is 7.57. The predicted molar refractivity (Wildman–Crippen MR) is 76.7 cm³/mol. The molecule has 0 radical (unpaired) electrons. The van der Waals surface area contributed by atoms with Crippen molar-refractivity contribution < 1.29 is 14.3 Å². The lowest BCUT2D eigenvalue weighted by Crippen LogP contribution is -2.09. The van der Waals surface area contributed by atoms with Gasteiger partial charge in [-0.1, -0.05) is 0 Å². The van der Waals surface area contributed by atoms with E-state index >= 15 is 0 Å². The highest BCUT2D eigenvalue weighted by molar-refractivity contribution is 5.65. The minimum Gasteiger partial charge on any atom is -0.466 e. The number of aromatic nitrogens is 2. The molecule has 6 nitrogen and oxygen atoms in total. The number of carbonyl (C=O) groups excluding carboxylic acids is 1. The van der Waals surface area contributed by atoms with Gasteiger partial charge in [0.1, 0.15) is 12.1 Å². The fraction of sp³-hybridized carbons (Fsp3) is 0.643. The van der Waals surface area contributed by atoms with Crippen LogP contribution in [0.4, 0.5) is 5.82 Å². The quantitative estimate of drug-likeness (QED) is 0.635. The summed E-state index contributed by atoms with van der Waals surface area (Å²) in [6.07, 6.45) is 4.17. The fourth-order valence-electron chi connectivity index (χ4n) is 1.56. The normalized spacial score (nSPS) is 13.2. The molecule has 2 rings (SSSR count). The summed E-state index contributed by atoms with van der Waals surface area (Å²) in [6, 6.07) is 2.04. The maximum Gasteiger partial charge on any atom is 0.302 e. The number of ether oxygens (including phenoxy) is 2. The molecule has 6 heteroatoms. The van der Waals surface area contributed by atoms with Crippen molar-refractivity contribution in [2.75, 3.05) is 32.2 Å². The molecule has 1 aromatic heterocycles. The van der Waals surface area contributed by atoms with Crippen molar-refractivity contribution in [3.63, 3.8) is 0 Å². The molecule has 1 N–H and O–H groups in total. The van der Waals surface area contributed by atoms with Crippen molar-refractivity contribution in [3.8, 4) is 0 Å². The number of hydrogen-bond acceptors (Lipinski definition) is 6. The Morgan fingerprint density at radius 3 is 2.70 bits per heavy atom. The van der Waals surface area contributed by atoms with Crippen molar-refractivity contribution in [2.45, 2.75) is 32.6 Å². The second-order valence-electron chi connectivity index (χ2n) is 4.45. The van der Waals surface area contributed by atoms with Crippen LogP contribution >= 0.6 is 0 Å². The zero-order valence-electron chi connectivity index (χ0n) is 12.4. The molecule has 0 unspecified atom stereocenters. The standard InChI is InChI=1S/C10H15N3O.C4H8O2/c1-14-5-4-11-10-6-9(8-2-3-8)12-7-13-10;1-3-6-4(2)5/h6-8H,2-5H2,1H3,(H,11,12,13);3H2,1-2H3. The molecule has 1 fully saturated rings. The van der Waals surface area contributed by atoms with Crippen LogP contribution in [0.3, 0.4) is 0 Å². The molecule has 0 spiro atoms. The molecule has 20 heavy (non-hydrogen) atoms. The van der Waals surface area contributed by atoms with Gasteiger partial charge in [-0.3, -0.25) is 4.79 Å². The first kappa shape index (κ1) is 16.4. The summed E-state index contributed by atoms with van der Waals surface area (Å²) >= 11 is 0. The molecule has 0 atom stereocenters. The highest BCUT2D eigenvalue weighted by atomic mass is 16.5. The van der Waals surface area contributed by atoms with E-state index in [-0.39, 0.29) is 5.97 Å². The summed E-state index contributed by atoms with van der Waals surface area (Å²) in [4.78, 5) is 18.2. The summed E-state index contributed by atoms with van der Waals surface area (Å²) < 4.78 is 9.35. The van der Waals surface area contributed by atoms with Crippen LogP contribution in [0.25, 0.3) is 0 Å². The predicted octanol–water partition coefficient (Wildman–Crippen LogP) is 1.98. The lowest BCUT2D eigenvalue weighted by Gasteiger charge is -2.05. The van der Waals surface area contributed by atoms with E-state index in [0.717, 1.165) is 12.4 Å². The highest BCUT2D eigenvalue weighted by Crippen LogP contribution is 2.39. The third kappa shape index (κ3) is 7.04. The van der Waals surface area contributed by atoms with Crippen LogP contribution in [0.5, 0.6) is 0 Å². The number of nitrogens with zero attached hydrogens (tertiary/aromatic N) is 2. The van der Waals surface area contributed by atoms with Crippen LogP contribution in [0.15, 0.2) is 12.4 Å². The number of rotatable bonds is 6. The van der Waals surface area contributed by atoms with Crippen molar-refractivity contribution >= 4 is 11.8 Å². The average Bonchev–Trinajstić information content (AvgIpc) is 3.24. The van der Waals surface area contributed by atoms with Gasteiger partial charge >= 0.3 is 5.97 Å². The van der Waals surface area contributed by atoms with Gasteiger partial charge in [0, 0.05) is 38.3 Å². The third-order valence-corrected chi connectivity index (χ3v) is 2.64. The molecule has 0 saturated heterocycles. The topological polar surface area (TPSA) is 73.3 Å². The van der Waals surface area contributed by atoms with Crippen molar-refractivity contribution in [1.82, 2.24) is 9.97 Å². The molecule has 0 aliphatic heterocycles. The molecule has 1 aliphatic rings. The zero-order valence-corrected chi connectivity index (χ0v) is 12.4. The highest BCUT2D eigenvalue weighted by Gasteiger charge is 2.25. The van der Waals surface area contributed by atoms with Gasteiger partial charge < -0.3 is 14.8 Å². The van der Waals surface area contributed by atoms with Gasteiger partial charge in [0.15, 0.2) is 0 Å². The van der Waals surface area contributed by atoms with Crippen LogP contribution < -0.4 is 5.32 Å². The second kappa shape index (κ2) is 9.25. The Bertz CT molecular complexity index is 408. The maximum absolute atomic E-state index is 9.82. The van der Waals surface area contributed by atoms with E-state index < -0.39 is 0 Å². The Hall–Kier alpha value is -1.69. The van der Waals surface area contributed by atoms with Gasteiger partial charge in [0.25, 0.3) is 0 Å². The molecule has 1 saturated carbocycles. The SMILES string of the molecule is CCOC(C)=O.COCCNc1cc(C2CC2)ncn1. The van der Waals surface area contributed by atoms with Gasteiger partial charge in [0.2, 0.25) is 0 Å². The number of carbonyl (C=O) groups is 1. The van der Waals surface area contributed by atoms with E-state index in [0.29, 0.717) is 19.1 Å². The van der Waals surface area contributed by atoms with E-state index in [1.807, 2.05) is 6.07 Å². The Morgan fingerprint density at radius 1 is 1.45 bits per heavy atom. The number of esters is 1. The van der Waals surface area contributed by atoms with Gasteiger partial charge in [-0.15, -0.1) is 0 Å². The molecular formula is C14H23N3O3. The minimum atomic E-state index is -0.211. The number of anilines is 1. The number of nitrogens with one attached hydrogen (secondary N) is 1. The molecular weight excluding hydrogens is 258 g/mol. The summed E-state index contributed by atoms with van der Waals surface area (Å²) in [6.45, 7) is 5.14. The van der Waals surface area contributed by atoms with Crippen LogP contribution in [-0.4, -0.2) is 42.8 Å². The molecule has 112 valence electrons. The summed E-state index contributed by atoms with van der Waals surface area (Å²) in [5.41, 5.74) is 1.17. The van der Waals surface area contributed by atoms with Gasteiger partial charge in [-0.25, -0.2) is 9.97 Å². The average molecular weight is 281 g/mol. The summed E-state index contributed by atoms with van der Waals surface area (Å²) in [5.74, 6) is 1.37. The molecule has 1 heterocycles. The summed E-state index contributed by atoms with van der Waals surface area (Å²) in [5, 5.41) is 3.19. The lowest BCUT2D eigenvalue weighted by atomic mass is 10.3. The van der Waals surface area contributed by atoms with Crippen LogP contribution in [0.1, 0.15) is 38.3 Å². The molecule has 1 aromatic rings. The number of methoxy groups -OCH3 is 1. The van der Waals surface area contributed by atoms with Gasteiger partial charge in [-0.2, -0.15) is 0 Å². The van der Waals surface area contributed by atoms with E-state index in [9.17, 15) is 4.79 Å². The van der Waals surface area contributed by atoms with E-state index in [1.165, 1.54) is 25.5 Å². The molecule has 1 aliphatic carbocycles. The number of hydrogen-bond donors (Lipinski definition) is 1.